The maximum Gasteiger partial charge on any atom is 0.150 e. The van der Waals surface area contributed by atoms with Crippen LogP contribution in [0.4, 0.5) is 0 Å². The second-order valence-corrected chi connectivity index (χ2v) is 3.66. The first-order chi connectivity index (χ1) is 7.70. The van der Waals surface area contributed by atoms with Gasteiger partial charge >= 0.3 is 0 Å². The minimum atomic E-state index is 0.664. The molecule has 0 aliphatic carbocycles. The Morgan fingerprint density at radius 2 is 2.06 bits per heavy atom. The van der Waals surface area contributed by atoms with Crippen molar-refractivity contribution in [1.29, 1.82) is 0 Å². The second kappa shape index (κ2) is 4.23. The van der Waals surface area contributed by atoms with Gasteiger partial charge in [-0.3, -0.25) is 4.79 Å². The van der Waals surface area contributed by atoms with E-state index in [0.29, 0.717) is 5.56 Å². The normalized spacial score (nSPS) is 10.1. The van der Waals surface area contributed by atoms with E-state index in [2.05, 4.69) is 9.97 Å². The first-order valence-electron chi connectivity index (χ1n) is 5.06. The fraction of sp³-hybridized carbons (Fsp3) is 0.154. The molecule has 1 aromatic heterocycles. The Kier molecular flexibility index (Phi) is 2.77. The minimum absolute atomic E-state index is 0.664. The van der Waals surface area contributed by atoms with Crippen molar-refractivity contribution in [2.24, 2.45) is 0 Å². The van der Waals surface area contributed by atoms with E-state index < -0.39 is 0 Å². The van der Waals surface area contributed by atoms with Crippen molar-refractivity contribution in [3.8, 4) is 11.1 Å². The minimum Gasteiger partial charge on any atom is -0.298 e. The van der Waals surface area contributed by atoms with E-state index in [9.17, 15) is 4.79 Å². The number of carbonyl (C=O) groups is 1. The van der Waals surface area contributed by atoms with Gasteiger partial charge in [0.2, 0.25) is 0 Å². The van der Waals surface area contributed by atoms with Crippen LogP contribution in [0.15, 0.2) is 30.5 Å². The molecule has 2 aromatic rings. The highest BCUT2D eigenvalue weighted by molar-refractivity contribution is 5.79. The molecule has 0 bridgehead atoms. The summed E-state index contributed by atoms with van der Waals surface area (Å²) in [7, 11) is 0. The van der Waals surface area contributed by atoms with Gasteiger partial charge in [0.05, 0.1) is 0 Å². The highest BCUT2D eigenvalue weighted by Crippen LogP contribution is 2.21. The molecular weight excluding hydrogens is 200 g/mol. The third-order valence-electron chi connectivity index (χ3n) is 2.43. The molecule has 0 aliphatic heterocycles. The standard InChI is InChI=1S/C13H12N2O/c1-9-13(7-14-10(2)15-9)12-5-3-4-11(6-12)8-16/h3-8H,1-2H3. The quantitative estimate of drug-likeness (QED) is 0.718. The number of aromatic nitrogens is 2. The van der Waals surface area contributed by atoms with Crippen molar-refractivity contribution in [2.45, 2.75) is 13.8 Å². The summed E-state index contributed by atoms with van der Waals surface area (Å²) in [4.78, 5) is 19.2. The van der Waals surface area contributed by atoms with Crippen LogP contribution in [-0.4, -0.2) is 16.3 Å². The molecule has 0 N–H and O–H groups in total. The van der Waals surface area contributed by atoms with Crippen LogP contribution >= 0.6 is 0 Å². The van der Waals surface area contributed by atoms with Crippen LogP contribution < -0.4 is 0 Å². The summed E-state index contributed by atoms with van der Waals surface area (Å²) in [6.07, 6.45) is 2.63. The molecule has 3 heteroatoms. The summed E-state index contributed by atoms with van der Waals surface area (Å²) in [5, 5.41) is 0. The molecule has 80 valence electrons. The van der Waals surface area contributed by atoms with Crippen molar-refractivity contribution >= 4 is 6.29 Å². The number of aldehydes is 1. The molecule has 0 unspecified atom stereocenters. The Morgan fingerprint density at radius 1 is 1.25 bits per heavy atom. The van der Waals surface area contributed by atoms with E-state index in [-0.39, 0.29) is 0 Å². The van der Waals surface area contributed by atoms with E-state index in [1.54, 1.807) is 12.3 Å². The molecule has 0 aliphatic rings. The maximum absolute atomic E-state index is 10.7. The van der Waals surface area contributed by atoms with Crippen molar-refractivity contribution in [2.75, 3.05) is 0 Å². The summed E-state index contributed by atoms with van der Waals surface area (Å²) >= 11 is 0. The van der Waals surface area contributed by atoms with Crippen LogP contribution in [-0.2, 0) is 0 Å². The van der Waals surface area contributed by atoms with Gasteiger partial charge in [0.15, 0.2) is 0 Å². The molecule has 0 spiro atoms. The molecule has 3 nitrogen and oxygen atoms in total. The molecule has 0 amide bonds. The molecule has 0 radical (unpaired) electrons. The molecule has 16 heavy (non-hydrogen) atoms. The van der Waals surface area contributed by atoms with Gasteiger partial charge in [-0.15, -0.1) is 0 Å². The highest BCUT2D eigenvalue weighted by atomic mass is 16.1. The van der Waals surface area contributed by atoms with Gasteiger partial charge < -0.3 is 0 Å². The Balaban J connectivity index is 2.53. The Labute approximate surface area is 94.2 Å². The van der Waals surface area contributed by atoms with E-state index in [0.717, 1.165) is 28.9 Å². The van der Waals surface area contributed by atoms with Gasteiger partial charge in [0, 0.05) is 23.0 Å². The third kappa shape index (κ3) is 1.98. The Morgan fingerprint density at radius 3 is 2.75 bits per heavy atom. The van der Waals surface area contributed by atoms with Crippen LogP contribution in [0.2, 0.25) is 0 Å². The average Bonchev–Trinajstić information content (AvgIpc) is 2.29. The number of rotatable bonds is 2. The zero-order valence-corrected chi connectivity index (χ0v) is 9.27. The van der Waals surface area contributed by atoms with Crippen LogP contribution in [0.5, 0.6) is 0 Å². The molecule has 0 saturated heterocycles. The number of hydrogen-bond donors (Lipinski definition) is 0. The summed E-state index contributed by atoms with van der Waals surface area (Å²) in [5.41, 5.74) is 3.53. The molecule has 2 rings (SSSR count). The number of nitrogens with zero attached hydrogens (tertiary/aromatic N) is 2. The molecule has 0 fully saturated rings. The van der Waals surface area contributed by atoms with Crippen LogP contribution in [0, 0.1) is 13.8 Å². The van der Waals surface area contributed by atoms with Gasteiger partial charge in [-0.25, -0.2) is 9.97 Å². The molecule has 0 atom stereocenters. The summed E-state index contributed by atoms with van der Waals surface area (Å²) in [6, 6.07) is 7.43. The maximum atomic E-state index is 10.7. The molecule has 0 saturated carbocycles. The van der Waals surface area contributed by atoms with Gasteiger partial charge in [0.1, 0.15) is 12.1 Å². The number of benzene rings is 1. The SMILES string of the molecule is Cc1ncc(-c2cccc(C=O)c2)c(C)n1. The lowest BCUT2D eigenvalue weighted by molar-refractivity contribution is 0.112. The third-order valence-corrected chi connectivity index (χ3v) is 2.43. The predicted octanol–water partition coefficient (Wildman–Crippen LogP) is 2.57. The molecule has 1 heterocycles. The van der Waals surface area contributed by atoms with Crippen molar-refractivity contribution in [1.82, 2.24) is 9.97 Å². The number of aryl methyl sites for hydroxylation is 2. The lowest BCUT2D eigenvalue weighted by Crippen LogP contribution is -1.94. The van der Waals surface area contributed by atoms with Crippen molar-refractivity contribution in [3.63, 3.8) is 0 Å². The smallest absolute Gasteiger partial charge is 0.150 e. The highest BCUT2D eigenvalue weighted by Gasteiger charge is 2.04. The van der Waals surface area contributed by atoms with E-state index in [1.807, 2.05) is 32.0 Å². The predicted molar refractivity (Wildman–Crippen MR) is 62.3 cm³/mol. The van der Waals surface area contributed by atoms with Crippen molar-refractivity contribution in [3.05, 3.63) is 47.5 Å². The number of carbonyl (C=O) groups excluding carboxylic acids is 1. The zero-order chi connectivity index (χ0) is 11.5. The fourth-order valence-electron chi connectivity index (χ4n) is 1.65. The van der Waals surface area contributed by atoms with Crippen LogP contribution in [0.25, 0.3) is 11.1 Å². The second-order valence-electron chi connectivity index (χ2n) is 3.66. The first-order valence-corrected chi connectivity index (χ1v) is 5.06. The van der Waals surface area contributed by atoms with Crippen LogP contribution in [0.3, 0.4) is 0 Å². The lowest BCUT2D eigenvalue weighted by Gasteiger charge is -2.05. The van der Waals surface area contributed by atoms with Crippen LogP contribution in [0.1, 0.15) is 21.9 Å². The van der Waals surface area contributed by atoms with Crippen molar-refractivity contribution < 1.29 is 4.79 Å². The number of hydrogen-bond acceptors (Lipinski definition) is 3. The summed E-state index contributed by atoms with van der Waals surface area (Å²) in [6.45, 7) is 3.80. The van der Waals surface area contributed by atoms with Gasteiger partial charge in [-0.2, -0.15) is 0 Å². The topological polar surface area (TPSA) is 42.9 Å². The van der Waals surface area contributed by atoms with E-state index in [1.165, 1.54) is 0 Å². The molecular formula is C13H12N2O. The average molecular weight is 212 g/mol. The van der Waals surface area contributed by atoms with E-state index in [4.69, 9.17) is 0 Å². The largest absolute Gasteiger partial charge is 0.298 e. The summed E-state index contributed by atoms with van der Waals surface area (Å²) < 4.78 is 0. The van der Waals surface area contributed by atoms with E-state index >= 15 is 0 Å². The molecule has 1 aromatic carbocycles. The lowest BCUT2D eigenvalue weighted by atomic mass is 10.0. The summed E-state index contributed by atoms with van der Waals surface area (Å²) in [5.74, 6) is 0.757. The monoisotopic (exact) mass is 212 g/mol. The Hall–Kier alpha value is -2.03. The Bertz CT molecular complexity index is 535. The first kappa shape index (κ1) is 10.5. The zero-order valence-electron chi connectivity index (χ0n) is 9.27. The van der Waals surface area contributed by atoms with Gasteiger partial charge in [-0.05, 0) is 25.5 Å². The van der Waals surface area contributed by atoms with Gasteiger partial charge in [-0.1, -0.05) is 18.2 Å². The van der Waals surface area contributed by atoms with Gasteiger partial charge in [0.25, 0.3) is 0 Å². The fourth-order valence-corrected chi connectivity index (χ4v) is 1.65.